The van der Waals surface area contributed by atoms with Crippen molar-refractivity contribution in [3.05, 3.63) is 48.0 Å². The van der Waals surface area contributed by atoms with E-state index in [9.17, 15) is 9.59 Å². The molecule has 0 amide bonds. The van der Waals surface area contributed by atoms with Gasteiger partial charge in [-0.05, 0) is 18.6 Å². The molecule has 0 aliphatic carbocycles. The summed E-state index contributed by atoms with van der Waals surface area (Å²) in [6.07, 6.45) is 4.08. The minimum absolute atomic E-state index is 0.135. The largest absolute Gasteiger partial charge is 0.451 e. The second kappa shape index (κ2) is 5.39. The number of Topliss-reactive ketones (excluding diaryl/α,β-unsaturated/α-hetero) is 1. The van der Waals surface area contributed by atoms with Crippen LogP contribution in [0.25, 0.3) is 0 Å². The normalized spacial score (nSPS) is 23.2. The number of ether oxygens (including phenoxy) is 1. The van der Waals surface area contributed by atoms with Gasteiger partial charge in [0, 0.05) is 24.8 Å². The summed E-state index contributed by atoms with van der Waals surface area (Å²) in [5, 5.41) is 0. The van der Waals surface area contributed by atoms with Crippen LogP contribution in [0.4, 0.5) is 0 Å². The van der Waals surface area contributed by atoms with Crippen molar-refractivity contribution in [1.82, 2.24) is 0 Å². The molecular weight excluding hydrogens is 240 g/mol. The van der Waals surface area contributed by atoms with Crippen LogP contribution in [-0.4, -0.2) is 17.4 Å². The number of cyclic esters (lactones) is 1. The van der Waals surface area contributed by atoms with Crippen LogP contribution < -0.4 is 0 Å². The third-order valence-corrected chi connectivity index (χ3v) is 3.59. The predicted octanol–water partition coefficient (Wildman–Crippen LogP) is 3.01. The molecule has 100 valence electrons. The van der Waals surface area contributed by atoms with Crippen molar-refractivity contribution in [2.45, 2.75) is 38.2 Å². The molecule has 0 N–H and O–H groups in total. The maximum atomic E-state index is 11.8. The number of benzene rings is 1. The molecule has 19 heavy (non-hydrogen) atoms. The molecule has 0 saturated carbocycles. The van der Waals surface area contributed by atoms with E-state index in [-0.39, 0.29) is 17.7 Å². The van der Waals surface area contributed by atoms with Gasteiger partial charge in [-0.25, -0.2) is 4.79 Å². The maximum absolute atomic E-state index is 11.8. The molecule has 1 aliphatic rings. The van der Waals surface area contributed by atoms with Crippen molar-refractivity contribution < 1.29 is 14.3 Å². The van der Waals surface area contributed by atoms with Gasteiger partial charge in [0.15, 0.2) is 0 Å². The third kappa shape index (κ3) is 2.92. The molecule has 2 rings (SSSR count). The Morgan fingerprint density at radius 2 is 2.00 bits per heavy atom. The lowest BCUT2D eigenvalue weighted by Crippen LogP contribution is -2.34. The third-order valence-electron chi connectivity index (χ3n) is 3.59. The summed E-state index contributed by atoms with van der Waals surface area (Å²) in [5.74, 6) is -0.303. The highest BCUT2D eigenvalue weighted by Crippen LogP contribution is 2.38. The molecule has 2 atom stereocenters. The molecule has 0 fully saturated rings. The molecule has 0 bridgehead atoms. The topological polar surface area (TPSA) is 43.4 Å². The quantitative estimate of drug-likeness (QED) is 0.762. The molecule has 0 aromatic heterocycles. The van der Waals surface area contributed by atoms with E-state index < -0.39 is 5.60 Å². The fourth-order valence-electron chi connectivity index (χ4n) is 2.41. The van der Waals surface area contributed by atoms with E-state index in [1.807, 2.05) is 44.2 Å². The number of carbonyl (C=O) groups excluding carboxylic acids is 2. The van der Waals surface area contributed by atoms with Crippen LogP contribution in [0.15, 0.2) is 42.5 Å². The highest BCUT2D eigenvalue weighted by Gasteiger charge is 2.40. The lowest BCUT2D eigenvalue weighted by molar-refractivity contribution is -0.147. The average Bonchev–Trinajstić information content (AvgIpc) is 2.77. The van der Waals surface area contributed by atoms with Crippen LogP contribution in [-0.2, 0) is 14.3 Å². The van der Waals surface area contributed by atoms with Gasteiger partial charge in [0.05, 0.1) is 0 Å². The van der Waals surface area contributed by atoms with Crippen LogP contribution in [0.5, 0.6) is 0 Å². The number of carbonyl (C=O) groups is 2. The predicted molar refractivity (Wildman–Crippen MR) is 72.7 cm³/mol. The first-order valence-electron chi connectivity index (χ1n) is 6.54. The van der Waals surface area contributed by atoms with Gasteiger partial charge in [0.2, 0.25) is 0 Å². The summed E-state index contributed by atoms with van der Waals surface area (Å²) in [4.78, 5) is 23.2. The Kier molecular flexibility index (Phi) is 3.84. The molecule has 1 aromatic rings. The van der Waals surface area contributed by atoms with Crippen LogP contribution in [0.2, 0.25) is 0 Å². The minimum Gasteiger partial charge on any atom is -0.451 e. The van der Waals surface area contributed by atoms with Crippen molar-refractivity contribution in [2.75, 3.05) is 0 Å². The smallest absolute Gasteiger partial charge is 0.331 e. The lowest BCUT2D eigenvalue weighted by Gasteiger charge is -2.31. The zero-order valence-corrected chi connectivity index (χ0v) is 11.3. The summed E-state index contributed by atoms with van der Waals surface area (Å²) in [5.41, 5.74) is 0.287. The Balaban J connectivity index is 2.32. The summed E-state index contributed by atoms with van der Waals surface area (Å²) in [6, 6.07) is 9.74. The fraction of sp³-hybridized carbons (Fsp3) is 0.375. The molecule has 0 unspecified atom stereocenters. The van der Waals surface area contributed by atoms with E-state index in [2.05, 4.69) is 0 Å². The van der Waals surface area contributed by atoms with Gasteiger partial charge < -0.3 is 4.74 Å². The first-order valence-corrected chi connectivity index (χ1v) is 6.54. The van der Waals surface area contributed by atoms with E-state index in [0.717, 1.165) is 5.56 Å². The van der Waals surface area contributed by atoms with Gasteiger partial charge in [0.25, 0.3) is 0 Å². The monoisotopic (exact) mass is 258 g/mol. The molecule has 0 spiro atoms. The Bertz CT molecular complexity index is 504. The molecule has 1 heterocycles. The van der Waals surface area contributed by atoms with E-state index in [1.54, 1.807) is 6.08 Å². The van der Waals surface area contributed by atoms with Crippen molar-refractivity contribution >= 4 is 11.8 Å². The molecule has 0 radical (unpaired) electrons. The Hall–Kier alpha value is -1.90. The second-order valence-corrected chi connectivity index (χ2v) is 5.00. The highest BCUT2D eigenvalue weighted by molar-refractivity contribution is 5.86. The van der Waals surface area contributed by atoms with Crippen molar-refractivity contribution in [2.24, 2.45) is 0 Å². The van der Waals surface area contributed by atoms with Gasteiger partial charge in [-0.3, -0.25) is 4.79 Å². The molecular formula is C16H18O3. The number of hydrogen-bond donors (Lipinski definition) is 0. The standard InChI is InChI=1S/C16H18O3/c1-3-13(17)11-14(12-7-5-4-6-8-12)16(2)10-9-15(18)19-16/h4-10,14H,3,11H2,1-2H3/t14-,16+/m1/s1. The first-order chi connectivity index (χ1) is 9.05. The molecule has 3 heteroatoms. The second-order valence-electron chi connectivity index (χ2n) is 5.00. The van der Waals surface area contributed by atoms with E-state index in [1.165, 1.54) is 6.08 Å². The molecule has 3 nitrogen and oxygen atoms in total. The van der Waals surface area contributed by atoms with Gasteiger partial charge in [-0.1, -0.05) is 37.3 Å². The SMILES string of the molecule is CCC(=O)C[C@H](c1ccccc1)[C@]1(C)C=CC(=O)O1. The summed E-state index contributed by atoms with van der Waals surface area (Å²) < 4.78 is 5.41. The van der Waals surface area contributed by atoms with E-state index in [0.29, 0.717) is 12.8 Å². The maximum Gasteiger partial charge on any atom is 0.331 e. The van der Waals surface area contributed by atoms with Gasteiger partial charge in [-0.2, -0.15) is 0 Å². The summed E-state index contributed by atoms with van der Waals surface area (Å²) in [6.45, 7) is 3.71. The highest BCUT2D eigenvalue weighted by atomic mass is 16.6. The molecule has 0 saturated heterocycles. The lowest BCUT2D eigenvalue weighted by atomic mass is 9.80. The van der Waals surface area contributed by atoms with Gasteiger partial charge >= 0.3 is 5.97 Å². The molecule has 1 aromatic carbocycles. The van der Waals surface area contributed by atoms with Crippen LogP contribution >= 0.6 is 0 Å². The van der Waals surface area contributed by atoms with E-state index >= 15 is 0 Å². The first kappa shape index (κ1) is 13.5. The zero-order chi connectivity index (χ0) is 13.9. The van der Waals surface area contributed by atoms with Gasteiger partial charge in [-0.15, -0.1) is 0 Å². The van der Waals surface area contributed by atoms with Crippen LogP contribution in [0.1, 0.15) is 38.2 Å². The summed E-state index contributed by atoms with van der Waals surface area (Å²) in [7, 11) is 0. The number of ketones is 1. The number of esters is 1. The average molecular weight is 258 g/mol. The summed E-state index contributed by atoms with van der Waals surface area (Å²) >= 11 is 0. The number of hydrogen-bond acceptors (Lipinski definition) is 3. The Morgan fingerprint density at radius 3 is 2.53 bits per heavy atom. The number of rotatable bonds is 5. The van der Waals surface area contributed by atoms with E-state index in [4.69, 9.17) is 4.74 Å². The van der Waals surface area contributed by atoms with Crippen LogP contribution in [0, 0.1) is 0 Å². The zero-order valence-electron chi connectivity index (χ0n) is 11.3. The van der Waals surface area contributed by atoms with Crippen LogP contribution in [0.3, 0.4) is 0 Å². The van der Waals surface area contributed by atoms with Crippen molar-refractivity contribution in [3.63, 3.8) is 0 Å². The Labute approximate surface area is 113 Å². The Morgan fingerprint density at radius 1 is 1.32 bits per heavy atom. The fourth-order valence-corrected chi connectivity index (χ4v) is 2.41. The minimum atomic E-state index is -0.733. The van der Waals surface area contributed by atoms with Crippen molar-refractivity contribution in [1.29, 1.82) is 0 Å². The van der Waals surface area contributed by atoms with Gasteiger partial charge in [0.1, 0.15) is 11.4 Å². The molecule has 1 aliphatic heterocycles. The van der Waals surface area contributed by atoms with Crippen molar-refractivity contribution in [3.8, 4) is 0 Å².